The molecule has 0 aromatic heterocycles. The molecule has 1 aliphatic heterocycles. The number of thioether (sulfide) groups is 1. The minimum atomic E-state index is -0.195. The van der Waals surface area contributed by atoms with Gasteiger partial charge in [0.05, 0.1) is 25.2 Å². The molecule has 0 bridgehead atoms. The molecule has 1 N–H and O–H groups in total. The maximum atomic E-state index is 12.4. The number of amidine groups is 1. The van der Waals surface area contributed by atoms with Gasteiger partial charge in [0, 0.05) is 0 Å². The van der Waals surface area contributed by atoms with Crippen molar-refractivity contribution in [3.8, 4) is 11.5 Å². The van der Waals surface area contributed by atoms with E-state index in [-0.39, 0.29) is 11.2 Å². The average molecular weight is 496 g/mol. The van der Waals surface area contributed by atoms with Crippen LogP contribution in [0.1, 0.15) is 69.1 Å². The molecule has 0 aliphatic carbocycles. The summed E-state index contributed by atoms with van der Waals surface area (Å²) >= 11 is 1.42. The van der Waals surface area contributed by atoms with Crippen molar-refractivity contribution >= 4 is 29.1 Å². The highest BCUT2D eigenvalue weighted by Gasteiger charge is 2.30. The Bertz CT molecular complexity index is 1010. The Balaban J connectivity index is 1.52. The number of rotatable bonds is 14. The second-order valence-electron chi connectivity index (χ2n) is 8.69. The average Bonchev–Trinajstić information content (AvgIpc) is 3.22. The summed E-state index contributed by atoms with van der Waals surface area (Å²) in [6, 6.07) is 14.3. The minimum Gasteiger partial charge on any atom is -0.493 e. The lowest BCUT2D eigenvalue weighted by atomic mass is 10.0. The molecule has 3 rings (SSSR count). The molecule has 2 aromatic carbocycles. The lowest BCUT2D eigenvalue weighted by Gasteiger charge is -2.11. The van der Waals surface area contributed by atoms with E-state index in [1.165, 1.54) is 49.4 Å². The van der Waals surface area contributed by atoms with E-state index in [1.807, 2.05) is 18.2 Å². The number of hydrogen-bond donors (Lipinski definition) is 1. The van der Waals surface area contributed by atoms with Crippen molar-refractivity contribution in [2.24, 2.45) is 10.2 Å². The quantitative estimate of drug-likeness (QED) is 0.193. The number of aryl methyl sites for hydroxylation is 1. The Morgan fingerprint density at radius 1 is 0.971 bits per heavy atom. The van der Waals surface area contributed by atoms with Gasteiger partial charge in [-0.3, -0.25) is 4.79 Å². The molecule has 35 heavy (non-hydrogen) atoms. The summed E-state index contributed by atoms with van der Waals surface area (Å²) in [5, 5.41) is 11.5. The molecule has 1 aliphatic rings. The van der Waals surface area contributed by atoms with E-state index < -0.39 is 0 Å². The highest BCUT2D eigenvalue weighted by Crippen LogP contribution is 2.28. The van der Waals surface area contributed by atoms with E-state index in [9.17, 15) is 4.79 Å². The van der Waals surface area contributed by atoms with Crippen molar-refractivity contribution in [1.82, 2.24) is 5.32 Å². The molecule has 0 spiro atoms. The van der Waals surface area contributed by atoms with Crippen LogP contribution in [-0.4, -0.2) is 36.3 Å². The fraction of sp³-hybridized carbons (Fsp3) is 0.464. The van der Waals surface area contributed by atoms with Crippen LogP contribution in [0.2, 0.25) is 0 Å². The van der Waals surface area contributed by atoms with Gasteiger partial charge in [-0.25, -0.2) is 0 Å². The summed E-state index contributed by atoms with van der Waals surface area (Å²) < 4.78 is 11.3. The third-order valence-electron chi connectivity index (χ3n) is 5.84. The van der Waals surface area contributed by atoms with Crippen molar-refractivity contribution in [3.63, 3.8) is 0 Å². The molecule has 1 amide bonds. The number of carbonyl (C=O) groups is 1. The lowest BCUT2D eigenvalue weighted by molar-refractivity contribution is -0.118. The van der Waals surface area contributed by atoms with Gasteiger partial charge in [0.1, 0.15) is 0 Å². The second kappa shape index (κ2) is 14.6. The molecule has 1 heterocycles. The standard InChI is InChI=1S/C28H37N3O3S/c1-4-6-8-9-17-34-24-16-15-23(18-25(24)33-3)20-29-31-28-30-27(32)26(35-28)19-22-13-11-21(12-14-22)10-7-5-2/h11-16,18,20,26H,4-10,17,19H2,1-3H3,(H,30,31,32)/b29-20+. The number of nitrogens with zero attached hydrogens (tertiary/aromatic N) is 2. The first-order valence-corrected chi connectivity index (χ1v) is 13.5. The van der Waals surface area contributed by atoms with E-state index in [0.29, 0.717) is 23.9 Å². The molecule has 0 radical (unpaired) electrons. The van der Waals surface area contributed by atoms with Crippen LogP contribution in [0.25, 0.3) is 0 Å². The molecule has 1 saturated heterocycles. The fourth-order valence-electron chi connectivity index (χ4n) is 3.77. The Morgan fingerprint density at radius 2 is 1.74 bits per heavy atom. The van der Waals surface area contributed by atoms with Gasteiger partial charge in [-0.15, -0.1) is 5.10 Å². The summed E-state index contributed by atoms with van der Waals surface area (Å²) in [4.78, 5) is 12.4. The summed E-state index contributed by atoms with van der Waals surface area (Å²) in [6.45, 7) is 5.07. The molecular formula is C28H37N3O3S. The number of unbranched alkanes of at least 4 members (excludes halogenated alkanes) is 4. The summed E-state index contributed by atoms with van der Waals surface area (Å²) in [5.74, 6) is 1.37. The number of carbonyl (C=O) groups excluding carboxylic acids is 1. The first-order chi connectivity index (χ1) is 17.1. The zero-order valence-corrected chi connectivity index (χ0v) is 21.9. The van der Waals surface area contributed by atoms with Gasteiger partial charge in [0.15, 0.2) is 16.7 Å². The van der Waals surface area contributed by atoms with E-state index >= 15 is 0 Å². The maximum absolute atomic E-state index is 12.4. The number of methoxy groups -OCH3 is 1. The predicted molar refractivity (Wildman–Crippen MR) is 146 cm³/mol. The Morgan fingerprint density at radius 3 is 2.49 bits per heavy atom. The Labute approximate surface area is 213 Å². The topological polar surface area (TPSA) is 72.3 Å². The van der Waals surface area contributed by atoms with Crippen molar-refractivity contribution in [1.29, 1.82) is 0 Å². The number of hydrogen-bond acceptors (Lipinski definition) is 6. The Kier molecular flexibility index (Phi) is 11.2. The summed E-state index contributed by atoms with van der Waals surface area (Å²) in [5.41, 5.74) is 3.35. The summed E-state index contributed by atoms with van der Waals surface area (Å²) in [7, 11) is 1.63. The molecular weight excluding hydrogens is 458 g/mol. The number of ether oxygens (including phenoxy) is 2. The second-order valence-corrected chi connectivity index (χ2v) is 9.88. The SMILES string of the molecule is CCCCCCOc1ccc(/C=N/N=C2\NC(=O)C(Cc3ccc(CCCC)cc3)S2)cc1OC. The molecule has 6 nitrogen and oxygen atoms in total. The van der Waals surface area contributed by atoms with E-state index in [0.717, 1.165) is 29.7 Å². The molecule has 2 aromatic rings. The van der Waals surface area contributed by atoms with E-state index in [4.69, 9.17) is 9.47 Å². The van der Waals surface area contributed by atoms with Crippen LogP contribution in [-0.2, 0) is 17.6 Å². The first kappa shape index (κ1) is 26.8. The minimum absolute atomic E-state index is 0.0267. The van der Waals surface area contributed by atoms with Crippen molar-refractivity contribution in [3.05, 3.63) is 59.2 Å². The van der Waals surface area contributed by atoms with Gasteiger partial charge >= 0.3 is 0 Å². The monoisotopic (exact) mass is 495 g/mol. The van der Waals surface area contributed by atoms with Crippen molar-refractivity contribution in [2.75, 3.05) is 13.7 Å². The lowest BCUT2D eigenvalue weighted by Crippen LogP contribution is -2.25. The number of amides is 1. The highest BCUT2D eigenvalue weighted by atomic mass is 32.2. The third-order valence-corrected chi connectivity index (χ3v) is 6.91. The van der Waals surface area contributed by atoms with Crippen LogP contribution in [0.4, 0.5) is 0 Å². The van der Waals surface area contributed by atoms with E-state index in [1.54, 1.807) is 13.3 Å². The van der Waals surface area contributed by atoms with Gasteiger partial charge in [0.25, 0.3) is 0 Å². The van der Waals surface area contributed by atoms with Gasteiger partial charge in [-0.05, 0) is 60.6 Å². The third kappa shape index (κ3) is 8.73. The predicted octanol–water partition coefficient (Wildman–Crippen LogP) is 6.16. The molecule has 7 heteroatoms. The van der Waals surface area contributed by atoms with Crippen LogP contribution in [0.15, 0.2) is 52.7 Å². The smallest absolute Gasteiger partial charge is 0.239 e. The van der Waals surface area contributed by atoms with Gasteiger partial charge < -0.3 is 14.8 Å². The maximum Gasteiger partial charge on any atom is 0.239 e. The number of nitrogens with one attached hydrogen (secondary N) is 1. The molecule has 0 saturated carbocycles. The molecule has 188 valence electrons. The summed E-state index contributed by atoms with van der Waals surface area (Å²) in [6.07, 6.45) is 10.4. The number of benzene rings is 2. The van der Waals surface area contributed by atoms with Crippen LogP contribution in [0, 0.1) is 0 Å². The largest absolute Gasteiger partial charge is 0.493 e. The van der Waals surface area contributed by atoms with Gasteiger partial charge in [-0.1, -0.05) is 75.6 Å². The fourth-order valence-corrected chi connectivity index (χ4v) is 4.73. The van der Waals surface area contributed by atoms with Crippen LogP contribution in [0.3, 0.4) is 0 Å². The molecule has 1 atom stereocenters. The molecule has 1 fully saturated rings. The molecule has 1 unspecified atom stereocenters. The van der Waals surface area contributed by atoms with Crippen LogP contribution in [0.5, 0.6) is 11.5 Å². The van der Waals surface area contributed by atoms with Gasteiger partial charge in [0.2, 0.25) is 5.91 Å². The van der Waals surface area contributed by atoms with Crippen LogP contribution < -0.4 is 14.8 Å². The Hall–Kier alpha value is -2.80. The van der Waals surface area contributed by atoms with Crippen LogP contribution >= 0.6 is 11.8 Å². The zero-order chi connectivity index (χ0) is 24.9. The van der Waals surface area contributed by atoms with Crippen molar-refractivity contribution < 1.29 is 14.3 Å². The highest BCUT2D eigenvalue weighted by molar-refractivity contribution is 8.15. The van der Waals surface area contributed by atoms with E-state index in [2.05, 4.69) is 53.6 Å². The zero-order valence-electron chi connectivity index (χ0n) is 21.1. The van der Waals surface area contributed by atoms with Crippen molar-refractivity contribution in [2.45, 2.75) is 70.5 Å². The first-order valence-electron chi connectivity index (χ1n) is 12.6. The normalized spacial score (nSPS) is 16.7. The van der Waals surface area contributed by atoms with Gasteiger partial charge in [-0.2, -0.15) is 5.10 Å².